The van der Waals surface area contributed by atoms with E-state index in [-0.39, 0.29) is 11.6 Å². The van der Waals surface area contributed by atoms with Crippen LogP contribution in [0.3, 0.4) is 0 Å². The number of fused-ring (bicyclic) bond motifs is 6. The van der Waals surface area contributed by atoms with Gasteiger partial charge in [0, 0.05) is 49.5 Å². The first-order chi connectivity index (χ1) is 18.1. The van der Waals surface area contributed by atoms with Crippen LogP contribution >= 0.6 is 0 Å². The third kappa shape index (κ3) is 2.07. The molecule has 0 heterocycles. The predicted octanol–water partition coefficient (Wildman–Crippen LogP) is 7.74. The predicted molar refractivity (Wildman–Crippen MR) is 150 cm³/mol. The van der Waals surface area contributed by atoms with Crippen molar-refractivity contribution in [3.8, 4) is 22.3 Å². The van der Waals surface area contributed by atoms with Gasteiger partial charge in [0.25, 0.3) is 0 Å². The number of hydrogen-bond donors (Lipinski definition) is 1. The molecule has 0 aromatic heterocycles. The van der Waals surface area contributed by atoms with Crippen LogP contribution in [-0.4, -0.2) is 11.6 Å². The average molecular weight is 472 g/mol. The Bertz CT molecular complexity index is 2240. The Kier molecular flexibility index (Phi) is 3.22. The zero-order chi connectivity index (χ0) is 24.6. The van der Waals surface area contributed by atoms with Gasteiger partial charge in [0.2, 0.25) is 0 Å². The van der Waals surface area contributed by atoms with E-state index in [0.717, 1.165) is 76.5 Å². The van der Waals surface area contributed by atoms with Crippen molar-refractivity contribution in [3.63, 3.8) is 0 Å². The number of nitrogen functional groups attached to an aromatic ring is 1. The Morgan fingerprint density at radius 2 is 0.865 bits per heavy atom. The molecule has 0 bridgehead atoms. The van der Waals surface area contributed by atoms with E-state index in [0.29, 0.717) is 16.8 Å². The molecule has 0 radical (unpaired) electrons. The molecule has 0 spiro atoms. The molecule has 3 nitrogen and oxygen atoms in total. The summed E-state index contributed by atoms with van der Waals surface area (Å²) in [7, 11) is 0. The average Bonchev–Trinajstić information content (AvgIpc) is 2.94. The van der Waals surface area contributed by atoms with Crippen LogP contribution in [0.4, 0.5) is 5.69 Å². The van der Waals surface area contributed by atoms with Crippen LogP contribution in [0.15, 0.2) is 91.0 Å². The van der Waals surface area contributed by atoms with E-state index in [1.54, 1.807) is 0 Å². The number of nitrogens with two attached hydrogens (primary N) is 1. The summed E-state index contributed by atoms with van der Waals surface area (Å²) in [5.74, 6) is 0.0987. The molecule has 0 aliphatic heterocycles. The highest BCUT2D eigenvalue weighted by molar-refractivity contribution is 6.42. The summed E-state index contributed by atoms with van der Waals surface area (Å²) in [6, 6.07) is 29.9. The molecule has 2 N–H and O–H groups in total. The Morgan fingerprint density at radius 1 is 0.378 bits per heavy atom. The van der Waals surface area contributed by atoms with E-state index in [9.17, 15) is 9.59 Å². The number of ketones is 2. The van der Waals surface area contributed by atoms with Crippen LogP contribution in [0.5, 0.6) is 0 Å². The van der Waals surface area contributed by atoms with E-state index in [4.69, 9.17) is 5.73 Å². The molecule has 0 fully saturated rings. The number of rotatable bonds is 0. The van der Waals surface area contributed by atoms with Crippen molar-refractivity contribution < 1.29 is 9.59 Å². The Hall–Kier alpha value is -5.02. The third-order valence-corrected chi connectivity index (χ3v) is 8.45. The molecule has 2 aliphatic rings. The summed E-state index contributed by atoms with van der Waals surface area (Å²) >= 11 is 0. The molecule has 0 unspecified atom stereocenters. The van der Waals surface area contributed by atoms with Gasteiger partial charge in [-0.05, 0) is 62.0 Å². The van der Waals surface area contributed by atoms with Crippen molar-refractivity contribution in [3.05, 3.63) is 113 Å². The molecule has 0 amide bonds. The Labute approximate surface area is 211 Å². The summed E-state index contributed by atoms with van der Waals surface area (Å²) < 4.78 is 0. The Balaban J connectivity index is 1.55. The SMILES string of the molecule is Nc1cc2c3c(ccc4c5ccc6c7c(ccc(c1c34)c75)-c1ccccc1C6=O)C(=O)c1ccccc1-2. The Morgan fingerprint density at radius 3 is 1.51 bits per heavy atom. The molecular weight excluding hydrogens is 454 g/mol. The van der Waals surface area contributed by atoms with Gasteiger partial charge in [0.15, 0.2) is 11.6 Å². The lowest BCUT2D eigenvalue weighted by Gasteiger charge is -2.26. The summed E-state index contributed by atoms with van der Waals surface area (Å²) in [4.78, 5) is 27.1. The lowest BCUT2D eigenvalue weighted by atomic mass is 9.76. The van der Waals surface area contributed by atoms with Gasteiger partial charge in [0.1, 0.15) is 0 Å². The van der Waals surface area contributed by atoms with Crippen LogP contribution in [-0.2, 0) is 0 Å². The molecule has 170 valence electrons. The van der Waals surface area contributed by atoms with Crippen LogP contribution in [0, 0.1) is 0 Å². The first-order valence-corrected chi connectivity index (χ1v) is 12.4. The smallest absolute Gasteiger partial charge is 0.194 e. The lowest BCUT2D eigenvalue weighted by molar-refractivity contribution is 0.103. The number of benzene rings is 7. The van der Waals surface area contributed by atoms with Crippen molar-refractivity contribution in [1.82, 2.24) is 0 Å². The van der Waals surface area contributed by atoms with Crippen LogP contribution in [0.25, 0.3) is 65.3 Å². The molecule has 9 rings (SSSR count). The number of carbonyl (C=O) groups excluding carboxylic acids is 2. The topological polar surface area (TPSA) is 60.2 Å². The van der Waals surface area contributed by atoms with E-state index in [2.05, 4.69) is 24.3 Å². The van der Waals surface area contributed by atoms with Gasteiger partial charge in [-0.25, -0.2) is 0 Å². The summed E-state index contributed by atoms with van der Waals surface area (Å²) in [5.41, 5.74) is 14.4. The number of hydrogen-bond acceptors (Lipinski definition) is 3. The van der Waals surface area contributed by atoms with E-state index in [1.807, 2.05) is 66.7 Å². The van der Waals surface area contributed by atoms with Crippen molar-refractivity contribution >= 4 is 60.3 Å². The number of anilines is 1. The molecule has 7 aromatic rings. The lowest BCUT2D eigenvalue weighted by Crippen LogP contribution is -2.12. The molecule has 0 saturated carbocycles. The van der Waals surface area contributed by atoms with Gasteiger partial charge in [-0.1, -0.05) is 72.8 Å². The van der Waals surface area contributed by atoms with Gasteiger partial charge in [-0.2, -0.15) is 0 Å². The fourth-order valence-electron chi connectivity index (χ4n) is 6.97. The highest BCUT2D eigenvalue weighted by Gasteiger charge is 2.31. The summed E-state index contributed by atoms with van der Waals surface area (Å²) in [6.07, 6.45) is 0. The fourth-order valence-corrected chi connectivity index (χ4v) is 6.97. The fraction of sp³-hybridized carbons (Fsp3) is 0. The highest BCUT2D eigenvalue weighted by atomic mass is 16.1. The normalized spacial score (nSPS) is 13.6. The second-order valence-corrected chi connectivity index (χ2v) is 10.1. The maximum atomic E-state index is 13.6. The van der Waals surface area contributed by atoms with Gasteiger partial charge in [0.05, 0.1) is 0 Å². The van der Waals surface area contributed by atoms with Crippen molar-refractivity contribution in [2.75, 3.05) is 5.73 Å². The zero-order valence-corrected chi connectivity index (χ0v) is 19.6. The van der Waals surface area contributed by atoms with Crippen molar-refractivity contribution in [2.24, 2.45) is 0 Å². The van der Waals surface area contributed by atoms with Crippen molar-refractivity contribution in [1.29, 1.82) is 0 Å². The monoisotopic (exact) mass is 471 g/mol. The maximum absolute atomic E-state index is 13.6. The third-order valence-electron chi connectivity index (χ3n) is 8.45. The first-order valence-electron chi connectivity index (χ1n) is 12.4. The molecule has 7 aromatic carbocycles. The second kappa shape index (κ2) is 6.21. The summed E-state index contributed by atoms with van der Waals surface area (Å²) in [6.45, 7) is 0. The second-order valence-electron chi connectivity index (χ2n) is 10.1. The summed E-state index contributed by atoms with van der Waals surface area (Å²) in [5, 5.41) is 8.12. The maximum Gasteiger partial charge on any atom is 0.194 e. The minimum Gasteiger partial charge on any atom is -0.398 e. The van der Waals surface area contributed by atoms with Gasteiger partial charge >= 0.3 is 0 Å². The molecule has 37 heavy (non-hydrogen) atoms. The molecular formula is C34H17NO2. The highest BCUT2D eigenvalue weighted by Crippen LogP contribution is 2.51. The van der Waals surface area contributed by atoms with E-state index >= 15 is 0 Å². The minimum absolute atomic E-state index is 0.0450. The molecule has 2 aliphatic carbocycles. The van der Waals surface area contributed by atoms with Gasteiger partial charge in [-0.15, -0.1) is 0 Å². The molecule has 3 heteroatoms. The quantitative estimate of drug-likeness (QED) is 0.140. The standard InChI is InChI=1S/C34H17NO2/c35-27-15-26-17-6-2-4-8-22(17)34(37)25-14-11-20-19-10-13-24-29-18(16-5-1-3-7-21(16)33(24)36)9-12-23(28(19)29)31(27)32(20)30(25)26/h1-15H,35H2. The number of carbonyl (C=O) groups is 2. The van der Waals surface area contributed by atoms with E-state index < -0.39 is 0 Å². The van der Waals surface area contributed by atoms with E-state index in [1.165, 1.54) is 0 Å². The van der Waals surface area contributed by atoms with Crippen LogP contribution < -0.4 is 5.73 Å². The van der Waals surface area contributed by atoms with Crippen LogP contribution in [0.2, 0.25) is 0 Å². The van der Waals surface area contributed by atoms with Gasteiger partial charge in [-0.3, -0.25) is 9.59 Å². The zero-order valence-electron chi connectivity index (χ0n) is 19.6. The largest absolute Gasteiger partial charge is 0.398 e. The minimum atomic E-state index is 0.0450. The molecule has 0 atom stereocenters. The first kappa shape index (κ1) is 19.2. The molecule has 0 saturated heterocycles. The van der Waals surface area contributed by atoms with Crippen LogP contribution in [0.1, 0.15) is 31.8 Å². The van der Waals surface area contributed by atoms with Crippen molar-refractivity contribution in [2.45, 2.75) is 0 Å². The van der Waals surface area contributed by atoms with Gasteiger partial charge < -0.3 is 5.73 Å².